The number of furan rings is 1. The Bertz CT molecular complexity index is 4100. The van der Waals surface area contributed by atoms with Crippen LogP contribution in [0.25, 0.3) is 129 Å². The molecule has 7 heteroatoms. The number of aromatic nitrogens is 4. The summed E-state index contributed by atoms with van der Waals surface area (Å²) in [5.74, 6) is 0. The Kier molecular flexibility index (Phi) is 6.26. The van der Waals surface area contributed by atoms with Crippen LogP contribution in [0.15, 0.2) is 175 Å². The number of rotatable bonds is 3. The molecule has 5 nitrogen and oxygen atoms in total. The van der Waals surface area contributed by atoms with Gasteiger partial charge in [-0.2, -0.15) is 0 Å². The van der Waals surface area contributed by atoms with Crippen molar-refractivity contribution in [1.82, 2.24) is 19.1 Å². The number of para-hydroxylation sites is 2. The first-order valence-corrected chi connectivity index (χ1v) is 21.4. The van der Waals surface area contributed by atoms with Crippen molar-refractivity contribution < 1.29 is 4.42 Å². The normalized spacial score (nSPS) is 12.4. The molecule has 0 unspecified atom stereocenters. The van der Waals surface area contributed by atoms with Crippen LogP contribution in [0.2, 0.25) is 0 Å². The second-order valence-corrected chi connectivity index (χ2v) is 17.4. The van der Waals surface area contributed by atoms with Gasteiger partial charge in [0.1, 0.15) is 23.1 Å². The standard InChI is InChI=1S/C52H28N4OS2/c1-5-16-39-36(14-1)46-41(23-21-34-32-12-3-7-18-44(32)58-51(34)46)55(39)30-11-9-10-29(26-30)48-50-49(54-28-53-48)38-27-31(20-25-43(38)57-50)56-40-17-6-2-15-37(40)47-42(56)24-22-35-33-13-4-8-19-45(33)59-52(35)47/h1-28H. The summed E-state index contributed by atoms with van der Waals surface area (Å²) in [6.07, 6.45) is 1.67. The summed E-state index contributed by atoms with van der Waals surface area (Å²) < 4.78 is 16.7. The third-order valence-corrected chi connectivity index (χ3v) is 14.6. The van der Waals surface area contributed by atoms with Gasteiger partial charge in [-0.1, -0.05) is 97.1 Å². The van der Waals surface area contributed by atoms with Crippen LogP contribution in [0, 0.1) is 0 Å². The van der Waals surface area contributed by atoms with Crippen molar-refractivity contribution in [3.8, 4) is 22.6 Å². The zero-order valence-electron chi connectivity index (χ0n) is 31.2. The molecule has 59 heavy (non-hydrogen) atoms. The Morgan fingerprint density at radius 1 is 0.424 bits per heavy atom. The maximum Gasteiger partial charge on any atom is 0.180 e. The monoisotopic (exact) mass is 788 g/mol. The maximum absolute atomic E-state index is 6.69. The zero-order chi connectivity index (χ0) is 38.3. The van der Waals surface area contributed by atoms with Gasteiger partial charge in [-0.05, 0) is 66.7 Å². The summed E-state index contributed by atoms with van der Waals surface area (Å²) in [6.45, 7) is 0. The van der Waals surface area contributed by atoms with Gasteiger partial charge < -0.3 is 13.6 Å². The van der Waals surface area contributed by atoms with Crippen molar-refractivity contribution in [2.45, 2.75) is 0 Å². The SMILES string of the molecule is c1cc(-c2ncnc3c2oc2ccc(-n4c5ccccc5c5c6sc7ccccc7c6ccc54)cc23)cc(-n2c3ccccc3c3c4sc5ccccc5c4ccc32)c1. The predicted octanol–water partition coefficient (Wildman–Crippen LogP) is 15.0. The van der Waals surface area contributed by atoms with Crippen LogP contribution in [0.3, 0.4) is 0 Å². The van der Waals surface area contributed by atoms with Crippen molar-refractivity contribution in [3.63, 3.8) is 0 Å². The Balaban J connectivity index is 0.946. The van der Waals surface area contributed by atoms with E-state index in [0.717, 1.165) is 39.1 Å². The van der Waals surface area contributed by atoms with E-state index < -0.39 is 0 Å². The van der Waals surface area contributed by atoms with Crippen molar-refractivity contribution in [1.29, 1.82) is 0 Å². The van der Waals surface area contributed by atoms with Gasteiger partial charge in [-0.3, -0.25) is 0 Å². The first-order chi connectivity index (χ1) is 29.3. The molecule has 14 aromatic rings. The third-order valence-electron chi connectivity index (χ3n) is 12.2. The molecular formula is C52H28N4OS2. The Hall–Kier alpha value is -7.32. The fourth-order valence-electron chi connectivity index (χ4n) is 9.73. The van der Waals surface area contributed by atoms with Crippen molar-refractivity contribution in [3.05, 3.63) is 170 Å². The molecule has 6 heterocycles. The van der Waals surface area contributed by atoms with Gasteiger partial charge in [0, 0.05) is 84.2 Å². The summed E-state index contributed by atoms with van der Waals surface area (Å²) in [5.41, 5.74) is 10.8. The lowest BCUT2D eigenvalue weighted by Crippen LogP contribution is -1.95. The molecule has 0 saturated carbocycles. The molecule has 0 aliphatic carbocycles. The summed E-state index contributed by atoms with van der Waals surface area (Å²) in [7, 11) is 0. The molecule has 0 aliphatic rings. The van der Waals surface area contributed by atoms with Crippen LogP contribution in [-0.4, -0.2) is 19.1 Å². The Morgan fingerprint density at radius 2 is 1.00 bits per heavy atom. The van der Waals surface area contributed by atoms with Crippen molar-refractivity contribution in [2.75, 3.05) is 0 Å². The maximum atomic E-state index is 6.69. The van der Waals surface area contributed by atoms with E-state index in [1.165, 1.54) is 84.0 Å². The smallest absolute Gasteiger partial charge is 0.180 e. The quantitative estimate of drug-likeness (QED) is 0.179. The second kappa shape index (κ2) is 11.6. The predicted molar refractivity (Wildman–Crippen MR) is 249 cm³/mol. The molecule has 0 saturated heterocycles. The van der Waals surface area contributed by atoms with Gasteiger partial charge in [0.15, 0.2) is 5.58 Å². The lowest BCUT2D eigenvalue weighted by Gasteiger charge is -2.10. The molecule has 0 N–H and O–H groups in total. The number of fused-ring (bicyclic) bond motifs is 17. The molecule has 0 bridgehead atoms. The molecule has 0 radical (unpaired) electrons. The first kappa shape index (κ1) is 31.7. The topological polar surface area (TPSA) is 48.8 Å². The minimum atomic E-state index is 0.681. The average molecular weight is 789 g/mol. The number of hydrogen-bond acceptors (Lipinski definition) is 5. The van der Waals surface area contributed by atoms with Crippen LogP contribution >= 0.6 is 22.7 Å². The zero-order valence-corrected chi connectivity index (χ0v) is 32.8. The fraction of sp³-hybridized carbons (Fsp3) is 0. The van der Waals surface area contributed by atoms with Gasteiger partial charge in [0.25, 0.3) is 0 Å². The van der Waals surface area contributed by atoms with Gasteiger partial charge in [0.05, 0.1) is 22.1 Å². The van der Waals surface area contributed by atoms with Crippen LogP contribution < -0.4 is 0 Å². The summed E-state index contributed by atoms with van der Waals surface area (Å²) >= 11 is 3.75. The van der Waals surface area contributed by atoms with E-state index in [0.29, 0.717) is 5.58 Å². The van der Waals surface area contributed by atoms with E-state index in [2.05, 4.69) is 173 Å². The minimum absolute atomic E-state index is 0.681. The van der Waals surface area contributed by atoms with Crippen LogP contribution in [-0.2, 0) is 0 Å². The molecule has 0 atom stereocenters. The lowest BCUT2D eigenvalue weighted by molar-refractivity contribution is 0.667. The van der Waals surface area contributed by atoms with Gasteiger partial charge in [-0.25, -0.2) is 9.97 Å². The van der Waals surface area contributed by atoms with Crippen LogP contribution in [0.5, 0.6) is 0 Å². The van der Waals surface area contributed by atoms with Gasteiger partial charge in [0.2, 0.25) is 0 Å². The average Bonchev–Trinajstić information content (AvgIpc) is 4.10. The Labute approximate surface area is 343 Å². The molecule has 8 aromatic carbocycles. The highest BCUT2D eigenvalue weighted by Crippen LogP contribution is 2.46. The fourth-order valence-corrected chi connectivity index (χ4v) is 12.2. The highest BCUT2D eigenvalue weighted by atomic mass is 32.1. The molecule has 0 amide bonds. The highest BCUT2D eigenvalue weighted by Gasteiger charge is 2.22. The number of benzene rings is 8. The van der Waals surface area contributed by atoms with E-state index in [1.807, 2.05) is 22.7 Å². The van der Waals surface area contributed by atoms with E-state index in [4.69, 9.17) is 14.4 Å². The van der Waals surface area contributed by atoms with Gasteiger partial charge >= 0.3 is 0 Å². The molecule has 0 spiro atoms. The number of nitrogens with zero attached hydrogens (tertiary/aromatic N) is 4. The van der Waals surface area contributed by atoms with Crippen LogP contribution in [0.1, 0.15) is 0 Å². The van der Waals surface area contributed by atoms with E-state index in [1.54, 1.807) is 6.33 Å². The minimum Gasteiger partial charge on any atom is -0.452 e. The summed E-state index contributed by atoms with van der Waals surface area (Å²) in [6, 6.07) is 59.2. The van der Waals surface area contributed by atoms with Crippen molar-refractivity contribution >= 4 is 129 Å². The molecular weight excluding hydrogens is 761 g/mol. The molecule has 14 rings (SSSR count). The molecule has 0 fully saturated rings. The molecule has 0 aliphatic heterocycles. The lowest BCUT2D eigenvalue weighted by atomic mass is 10.1. The second-order valence-electron chi connectivity index (χ2n) is 15.3. The largest absolute Gasteiger partial charge is 0.452 e. The van der Waals surface area contributed by atoms with Crippen LogP contribution in [0.4, 0.5) is 0 Å². The van der Waals surface area contributed by atoms with Gasteiger partial charge in [-0.15, -0.1) is 22.7 Å². The number of thiophene rings is 2. The van der Waals surface area contributed by atoms with E-state index >= 15 is 0 Å². The summed E-state index contributed by atoms with van der Waals surface area (Å²) in [5, 5.41) is 11.3. The molecule has 6 aromatic heterocycles. The Morgan fingerprint density at radius 3 is 1.64 bits per heavy atom. The highest BCUT2D eigenvalue weighted by molar-refractivity contribution is 7.27. The first-order valence-electron chi connectivity index (χ1n) is 19.7. The number of hydrogen-bond donors (Lipinski definition) is 0. The van der Waals surface area contributed by atoms with E-state index in [9.17, 15) is 0 Å². The van der Waals surface area contributed by atoms with Crippen molar-refractivity contribution in [2.24, 2.45) is 0 Å². The third kappa shape index (κ3) is 4.27. The van der Waals surface area contributed by atoms with E-state index in [-0.39, 0.29) is 0 Å². The summed E-state index contributed by atoms with van der Waals surface area (Å²) in [4.78, 5) is 9.72. The molecule has 274 valence electrons.